The molecule has 0 aliphatic heterocycles. The molecule has 0 saturated carbocycles. The third-order valence-electron chi connectivity index (χ3n) is 1.93. The van der Waals surface area contributed by atoms with Gasteiger partial charge in [0.2, 0.25) is 0 Å². The number of carbonyl (C=O) groups excluding carboxylic acids is 2. The van der Waals surface area contributed by atoms with E-state index < -0.39 is 11.8 Å². The lowest BCUT2D eigenvalue weighted by molar-refractivity contribution is 0.0993. The van der Waals surface area contributed by atoms with Crippen molar-refractivity contribution >= 4 is 56.1 Å². The lowest BCUT2D eigenvalue weighted by atomic mass is 10.4. The molecule has 4 nitrogen and oxygen atoms in total. The maximum absolute atomic E-state index is 11.2. The van der Waals surface area contributed by atoms with Crippen LogP contribution in [0.25, 0.3) is 0 Å². The Morgan fingerprint density at radius 3 is 1.61 bits per heavy atom. The molecule has 0 fully saturated rings. The summed E-state index contributed by atoms with van der Waals surface area (Å²) >= 11 is 2.62. The molecule has 0 spiro atoms. The summed E-state index contributed by atoms with van der Waals surface area (Å²) in [5, 5.41) is 3.62. The fraction of sp³-hybridized carbons (Fsp3) is 0. The number of thiophene rings is 2. The second kappa shape index (κ2) is 5.79. The number of hydrogen-bond donors (Lipinski definition) is 2. The van der Waals surface area contributed by atoms with Gasteiger partial charge in [0.05, 0.1) is 0 Å². The van der Waals surface area contributed by atoms with Crippen LogP contribution in [0.3, 0.4) is 0 Å². The predicted octanol–water partition coefficient (Wildman–Crippen LogP) is 2.81. The van der Waals surface area contributed by atoms with Crippen LogP contribution in [0.15, 0.2) is 32.7 Å². The van der Waals surface area contributed by atoms with Crippen molar-refractivity contribution in [1.82, 2.24) is 0 Å². The van der Waals surface area contributed by atoms with Crippen molar-refractivity contribution in [3.63, 3.8) is 0 Å². The van der Waals surface area contributed by atoms with Crippen molar-refractivity contribution in [2.24, 2.45) is 11.5 Å². The second-order valence-electron chi connectivity index (χ2n) is 3.12. The Hall–Kier alpha value is -0.960. The maximum atomic E-state index is 11.2. The van der Waals surface area contributed by atoms with Gasteiger partial charge < -0.3 is 11.5 Å². The molecule has 2 aromatic heterocycles. The Morgan fingerprint density at radius 2 is 1.28 bits per heavy atom. The van der Waals surface area contributed by atoms with Crippen LogP contribution in [-0.2, 0) is 0 Å². The summed E-state index contributed by atoms with van der Waals surface area (Å²) < 4.78 is 0. The van der Waals surface area contributed by atoms with Gasteiger partial charge in [0.15, 0.2) is 0 Å². The molecule has 2 amide bonds. The van der Waals surface area contributed by atoms with E-state index in [0.717, 1.165) is 9.79 Å². The normalized spacial score (nSPS) is 10.4. The van der Waals surface area contributed by atoms with Gasteiger partial charge in [-0.3, -0.25) is 9.59 Å². The molecule has 0 unspecified atom stereocenters. The molecule has 0 aromatic carbocycles. The number of nitrogens with two attached hydrogens (primary N) is 2. The lowest BCUT2D eigenvalue weighted by Crippen LogP contribution is -2.09. The van der Waals surface area contributed by atoms with E-state index in [4.69, 9.17) is 11.5 Å². The van der Waals surface area contributed by atoms with Gasteiger partial charge in [0, 0.05) is 9.79 Å². The minimum absolute atomic E-state index is 0.437. The Morgan fingerprint density at radius 1 is 0.889 bits per heavy atom. The highest BCUT2D eigenvalue weighted by Gasteiger charge is 2.14. The van der Waals surface area contributed by atoms with Crippen molar-refractivity contribution in [3.05, 3.63) is 32.6 Å². The highest BCUT2D eigenvalue weighted by atomic mass is 33.1. The fourth-order valence-corrected chi connectivity index (χ4v) is 5.64. The summed E-state index contributed by atoms with van der Waals surface area (Å²) in [5.41, 5.74) is 10.5. The zero-order valence-corrected chi connectivity index (χ0v) is 12.2. The van der Waals surface area contributed by atoms with E-state index in [9.17, 15) is 9.59 Å². The molecule has 94 valence electrons. The van der Waals surface area contributed by atoms with Gasteiger partial charge >= 0.3 is 0 Å². The molecular weight excluding hydrogens is 308 g/mol. The zero-order chi connectivity index (χ0) is 13.1. The number of primary amides is 2. The number of carbonyl (C=O) groups is 2. The van der Waals surface area contributed by atoms with Gasteiger partial charge in [-0.25, -0.2) is 0 Å². The van der Waals surface area contributed by atoms with Crippen molar-refractivity contribution in [1.29, 1.82) is 0 Å². The Labute approximate surface area is 119 Å². The molecule has 0 saturated heterocycles. The molecule has 18 heavy (non-hydrogen) atoms. The molecule has 2 rings (SSSR count). The molecule has 2 heterocycles. The van der Waals surface area contributed by atoms with Crippen LogP contribution in [-0.4, -0.2) is 11.8 Å². The third-order valence-corrected chi connectivity index (χ3v) is 6.49. The van der Waals surface area contributed by atoms with E-state index in [-0.39, 0.29) is 0 Å². The summed E-state index contributed by atoms with van der Waals surface area (Å²) in [7, 11) is 2.79. The Kier molecular flexibility index (Phi) is 4.33. The highest BCUT2D eigenvalue weighted by Crippen LogP contribution is 2.42. The first kappa shape index (κ1) is 13.5. The van der Waals surface area contributed by atoms with Crippen LogP contribution in [0.4, 0.5) is 0 Å². The third kappa shape index (κ3) is 2.89. The predicted molar refractivity (Wildman–Crippen MR) is 77.4 cm³/mol. The van der Waals surface area contributed by atoms with Gasteiger partial charge in [-0.2, -0.15) is 0 Å². The SMILES string of the molecule is NC(=O)c1sccc1SSc1ccsc1C(N)=O. The van der Waals surface area contributed by atoms with Crippen molar-refractivity contribution < 1.29 is 9.59 Å². The Bertz CT molecular complexity index is 538. The molecule has 0 radical (unpaired) electrons. The van der Waals surface area contributed by atoms with Crippen molar-refractivity contribution in [3.8, 4) is 0 Å². The number of amides is 2. The van der Waals surface area contributed by atoms with E-state index in [2.05, 4.69) is 0 Å². The summed E-state index contributed by atoms with van der Waals surface area (Å²) in [5.74, 6) is -0.873. The summed E-state index contributed by atoms with van der Waals surface area (Å²) in [6.07, 6.45) is 0. The zero-order valence-electron chi connectivity index (χ0n) is 8.91. The molecule has 2 aromatic rings. The molecule has 0 atom stereocenters. The average Bonchev–Trinajstić information content (AvgIpc) is 2.94. The molecule has 4 N–H and O–H groups in total. The minimum atomic E-state index is -0.437. The lowest BCUT2D eigenvalue weighted by Gasteiger charge is -2.00. The minimum Gasteiger partial charge on any atom is -0.365 e. The quantitative estimate of drug-likeness (QED) is 0.830. The molecule has 8 heteroatoms. The van der Waals surface area contributed by atoms with Crippen LogP contribution in [0.5, 0.6) is 0 Å². The van der Waals surface area contributed by atoms with E-state index in [1.807, 2.05) is 22.9 Å². The average molecular weight is 316 g/mol. The molecule has 0 bridgehead atoms. The van der Waals surface area contributed by atoms with Gasteiger partial charge in [0.25, 0.3) is 11.8 Å². The van der Waals surface area contributed by atoms with E-state index in [0.29, 0.717) is 9.75 Å². The van der Waals surface area contributed by atoms with Gasteiger partial charge in [-0.05, 0) is 22.9 Å². The molecular formula is C10H8N2O2S4. The summed E-state index contributed by atoms with van der Waals surface area (Å²) in [6.45, 7) is 0. The fourth-order valence-electron chi connectivity index (χ4n) is 1.18. The molecule has 0 aliphatic rings. The van der Waals surface area contributed by atoms with E-state index in [1.165, 1.54) is 44.3 Å². The molecule has 0 aliphatic carbocycles. The van der Waals surface area contributed by atoms with E-state index >= 15 is 0 Å². The largest absolute Gasteiger partial charge is 0.365 e. The topological polar surface area (TPSA) is 86.2 Å². The first-order valence-electron chi connectivity index (χ1n) is 4.68. The second-order valence-corrected chi connectivity index (χ2v) is 7.17. The number of hydrogen-bond acceptors (Lipinski definition) is 6. The van der Waals surface area contributed by atoms with Gasteiger partial charge in [-0.15, -0.1) is 22.7 Å². The summed E-state index contributed by atoms with van der Waals surface area (Å²) in [6, 6.07) is 3.66. The van der Waals surface area contributed by atoms with Crippen LogP contribution in [0.1, 0.15) is 19.3 Å². The maximum Gasteiger partial charge on any atom is 0.259 e. The van der Waals surface area contributed by atoms with Crippen molar-refractivity contribution in [2.75, 3.05) is 0 Å². The van der Waals surface area contributed by atoms with Crippen molar-refractivity contribution in [2.45, 2.75) is 9.79 Å². The standard InChI is InChI=1S/C10H8N2O2S4/c11-9(13)7-5(1-3-15-7)17-18-6-2-4-16-8(6)10(12)14/h1-4H,(H2,11,13)(H2,12,14). The van der Waals surface area contributed by atoms with Crippen LogP contribution in [0, 0.1) is 0 Å². The van der Waals surface area contributed by atoms with Crippen LogP contribution in [0.2, 0.25) is 0 Å². The van der Waals surface area contributed by atoms with Gasteiger partial charge in [0.1, 0.15) is 9.75 Å². The highest BCUT2D eigenvalue weighted by molar-refractivity contribution is 8.76. The van der Waals surface area contributed by atoms with Crippen LogP contribution >= 0.6 is 44.3 Å². The van der Waals surface area contributed by atoms with Crippen LogP contribution < -0.4 is 11.5 Å². The van der Waals surface area contributed by atoms with E-state index in [1.54, 1.807) is 0 Å². The number of rotatable bonds is 5. The first-order chi connectivity index (χ1) is 8.59. The van der Waals surface area contributed by atoms with Gasteiger partial charge in [-0.1, -0.05) is 21.6 Å². The first-order valence-corrected chi connectivity index (χ1v) is 8.59. The smallest absolute Gasteiger partial charge is 0.259 e. The summed E-state index contributed by atoms with van der Waals surface area (Å²) in [4.78, 5) is 25.0. The monoisotopic (exact) mass is 316 g/mol. The Balaban J connectivity index is 2.12.